The van der Waals surface area contributed by atoms with Gasteiger partial charge < -0.3 is 9.15 Å². The van der Waals surface area contributed by atoms with Crippen molar-refractivity contribution in [3.8, 4) is 17.1 Å². The Balaban J connectivity index is 2.06. The molecule has 0 fully saturated rings. The number of hydrogen-bond donors (Lipinski definition) is 0. The van der Waals surface area contributed by atoms with Crippen molar-refractivity contribution in [3.63, 3.8) is 0 Å². The highest BCUT2D eigenvalue weighted by Gasteiger charge is 2.33. The molecule has 2 heterocycles. The number of ether oxygens (including phenoxy) is 1. The molecule has 128 valence electrons. The zero-order valence-electron chi connectivity index (χ0n) is 12.8. The highest BCUT2D eigenvalue weighted by molar-refractivity contribution is 9.10. The zero-order chi connectivity index (χ0) is 17.9. The van der Waals surface area contributed by atoms with Gasteiger partial charge in [-0.25, -0.2) is 0 Å². The summed E-state index contributed by atoms with van der Waals surface area (Å²) in [7, 11) is 0. The molecular weight excluding hydrogens is 401 g/mol. The molecule has 3 aromatic rings. The molecule has 25 heavy (non-hydrogen) atoms. The Morgan fingerprint density at radius 3 is 2.64 bits per heavy atom. The molecule has 4 rings (SSSR count). The number of benzene rings is 2. The van der Waals surface area contributed by atoms with Gasteiger partial charge in [0, 0.05) is 11.1 Å². The molecule has 1 aromatic heterocycles. The van der Waals surface area contributed by atoms with E-state index in [1.807, 2.05) is 6.92 Å². The molecule has 0 N–H and O–H groups in total. The molecule has 0 radical (unpaired) electrons. The summed E-state index contributed by atoms with van der Waals surface area (Å²) in [6.45, 7) is 1.85. The van der Waals surface area contributed by atoms with Gasteiger partial charge in [0.2, 0.25) is 11.2 Å². The van der Waals surface area contributed by atoms with Gasteiger partial charge in [-0.1, -0.05) is 6.07 Å². The second kappa shape index (κ2) is 5.36. The van der Waals surface area contributed by atoms with Crippen molar-refractivity contribution in [2.75, 3.05) is 0 Å². The molecule has 0 saturated heterocycles. The minimum atomic E-state index is -4.48. The van der Waals surface area contributed by atoms with Crippen molar-refractivity contribution in [1.29, 1.82) is 0 Å². The number of halogens is 4. The van der Waals surface area contributed by atoms with E-state index in [-0.39, 0.29) is 29.3 Å². The minimum Gasteiger partial charge on any atom is -0.481 e. The van der Waals surface area contributed by atoms with Crippen LogP contribution in [0.4, 0.5) is 13.2 Å². The molecule has 0 atom stereocenters. The van der Waals surface area contributed by atoms with Crippen molar-refractivity contribution in [3.05, 3.63) is 61.7 Å². The third-order valence-corrected chi connectivity index (χ3v) is 4.69. The molecule has 1 aliphatic rings. The SMILES string of the molecule is Cc1cc(Br)c2oc3c(c(=O)c2c1)OCc1ccc(C(F)(F)F)cc1-3. The molecule has 0 amide bonds. The van der Waals surface area contributed by atoms with Crippen molar-refractivity contribution >= 4 is 26.9 Å². The second-order valence-electron chi connectivity index (χ2n) is 5.87. The van der Waals surface area contributed by atoms with E-state index in [2.05, 4.69) is 15.9 Å². The number of hydrogen-bond acceptors (Lipinski definition) is 3. The van der Waals surface area contributed by atoms with Gasteiger partial charge in [-0.2, -0.15) is 13.2 Å². The monoisotopic (exact) mass is 410 g/mol. The van der Waals surface area contributed by atoms with Gasteiger partial charge in [0.1, 0.15) is 6.61 Å². The Kier molecular flexibility index (Phi) is 3.47. The van der Waals surface area contributed by atoms with Crippen molar-refractivity contribution < 1.29 is 22.3 Å². The maximum atomic E-state index is 13.0. The smallest absolute Gasteiger partial charge is 0.416 e. The molecule has 0 spiro atoms. The van der Waals surface area contributed by atoms with Gasteiger partial charge in [0.25, 0.3) is 0 Å². The van der Waals surface area contributed by atoms with Crippen LogP contribution in [0.25, 0.3) is 22.3 Å². The maximum Gasteiger partial charge on any atom is 0.416 e. The van der Waals surface area contributed by atoms with Crippen LogP contribution >= 0.6 is 15.9 Å². The molecule has 3 nitrogen and oxygen atoms in total. The zero-order valence-corrected chi connectivity index (χ0v) is 14.4. The van der Waals surface area contributed by atoms with E-state index < -0.39 is 17.2 Å². The summed E-state index contributed by atoms with van der Waals surface area (Å²) >= 11 is 3.34. The summed E-state index contributed by atoms with van der Waals surface area (Å²) in [6, 6.07) is 6.76. The van der Waals surface area contributed by atoms with E-state index in [1.165, 1.54) is 6.07 Å². The summed E-state index contributed by atoms with van der Waals surface area (Å²) in [6.07, 6.45) is -4.48. The Morgan fingerprint density at radius 2 is 1.92 bits per heavy atom. The van der Waals surface area contributed by atoms with E-state index in [1.54, 1.807) is 12.1 Å². The molecule has 7 heteroatoms. The summed E-state index contributed by atoms with van der Waals surface area (Å²) in [5.41, 5.74) is 0.688. The summed E-state index contributed by atoms with van der Waals surface area (Å²) in [5.74, 6) is -0.0359. The maximum absolute atomic E-state index is 13.0. The van der Waals surface area contributed by atoms with Crippen LogP contribution in [0.15, 0.2) is 44.0 Å². The number of aryl methyl sites for hydroxylation is 1. The van der Waals surface area contributed by atoms with E-state index >= 15 is 0 Å². The van der Waals surface area contributed by atoms with Crippen molar-refractivity contribution in [2.45, 2.75) is 19.7 Å². The van der Waals surface area contributed by atoms with Crippen LogP contribution in [0.3, 0.4) is 0 Å². The molecule has 0 bridgehead atoms. The fraction of sp³-hybridized carbons (Fsp3) is 0.167. The lowest BCUT2D eigenvalue weighted by molar-refractivity contribution is -0.137. The molecular formula is C18H10BrF3O3. The molecule has 0 saturated carbocycles. The fourth-order valence-corrected chi connectivity index (χ4v) is 3.58. The van der Waals surface area contributed by atoms with Gasteiger partial charge >= 0.3 is 6.18 Å². The van der Waals surface area contributed by atoms with E-state index in [0.29, 0.717) is 15.4 Å². The van der Waals surface area contributed by atoms with Gasteiger partial charge in [0.05, 0.1) is 15.4 Å². The van der Waals surface area contributed by atoms with E-state index in [9.17, 15) is 18.0 Å². The lowest BCUT2D eigenvalue weighted by Gasteiger charge is -2.21. The normalized spacial score (nSPS) is 13.3. The number of fused-ring (bicyclic) bond motifs is 4. The van der Waals surface area contributed by atoms with E-state index in [4.69, 9.17) is 9.15 Å². The standard InChI is InChI=1S/C18H10BrF3O3/c1-8-4-12-14(23)17-16(25-15(12)13(19)5-8)11-6-10(18(20,21)22)3-2-9(11)7-24-17/h2-6H,7H2,1H3. The Hall–Kier alpha value is -2.28. The largest absolute Gasteiger partial charge is 0.481 e. The highest BCUT2D eigenvalue weighted by Crippen LogP contribution is 2.41. The fourth-order valence-electron chi connectivity index (χ4n) is 2.92. The lowest BCUT2D eigenvalue weighted by atomic mass is 9.98. The highest BCUT2D eigenvalue weighted by atomic mass is 79.9. The third-order valence-electron chi connectivity index (χ3n) is 4.10. The van der Waals surface area contributed by atoms with Crippen LogP contribution in [0.1, 0.15) is 16.7 Å². The first kappa shape index (κ1) is 16.2. The first-order valence-corrected chi connectivity index (χ1v) is 8.15. The van der Waals surface area contributed by atoms with Crippen LogP contribution in [0.2, 0.25) is 0 Å². The molecule has 2 aromatic carbocycles. The molecule has 0 unspecified atom stereocenters. The predicted molar refractivity (Wildman–Crippen MR) is 89.7 cm³/mol. The number of alkyl halides is 3. The van der Waals surface area contributed by atoms with Crippen LogP contribution in [0.5, 0.6) is 5.75 Å². The topological polar surface area (TPSA) is 39.4 Å². The third kappa shape index (κ3) is 2.54. The quantitative estimate of drug-likeness (QED) is 0.495. The average Bonchev–Trinajstić information content (AvgIpc) is 2.54. The van der Waals surface area contributed by atoms with Gasteiger partial charge in [-0.3, -0.25) is 4.79 Å². The Labute approximate surface area is 148 Å². The number of rotatable bonds is 0. The molecule has 1 aliphatic heterocycles. The van der Waals surface area contributed by atoms with Crippen LogP contribution < -0.4 is 10.2 Å². The summed E-state index contributed by atoms with van der Waals surface area (Å²) < 4.78 is 51.0. The first-order chi connectivity index (χ1) is 11.8. The van der Waals surface area contributed by atoms with Crippen LogP contribution in [-0.2, 0) is 12.8 Å². The lowest BCUT2D eigenvalue weighted by Crippen LogP contribution is -2.16. The first-order valence-electron chi connectivity index (χ1n) is 7.36. The average molecular weight is 411 g/mol. The molecule has 0 aliphatic carbocycles. The van der Waals surface area contributed by atoms with Gasteiger partial charge in [-0.15, -0.1) is 0 Å². The van der Waals surface area contributed by atoms with E-state index in [0.717, 1.165) is 17.7 Å². The summed E-state index contributed by atoms with van der Waals surface area (Å²) in [5, 5.41) is 0.320. The summed E-state index contributed by atoms with van der Waals surface area (Å²) in [4.78, 5) is 12.7. The minimum absolute atomic E-state index is 0.0176. The Morgan fingerprint density at radius 1 is 1.16 bits per heavy atom. The van der Waals surface area contributed by atoms with Crippen molar-refractivity contribution in [1.82, 2.24) is 0 Å². The predicted octanol–water partition coefficient (Wildman–Crippen LogP) is 5.44. The Bertz CT molecular complexity index is 1080. The van der Waals surface area contributed by atoms with Crippen LogP contribution in [-0.4, -0.2) is 0 Å². The second-order valence-corrected chi connectivity index (χ2v) is 6.73. The van der Waals surface area contributed by atoms with Crippen LogP contribution in [0, 0.1) is 6.92 Å². The van der Waals surface area contributed by atoms with Gasteiger partial charge in [0.15, 0.2) is 11.3 Å². The van der Waals surface area contributed by atoms with Crippen molar-refractivity contribution in [2.24, 2.45) is 0 Å². The van der Waals surface area contributed by atoms with Gasteiger partial charge in [-0.05, 0) is 52.7 Å².